The van der Waals surface area contributed by atoms with Crippen molar-refractivity contribution in [2.45, 2.75) is 39.8 Å². The van der Waals surface area contributed by atoms with Gasteiger partial charge in [-0.05, 0) is 44.7 Å². The highest BCUT2D eigenvalue weighted by molar-refractivity contribution is 7.12. The van der Waals surface area contributed by atoms with Crippen molar-refractivity contribution in [2.24, 2.45) is 5.92 Å². The van der Waals surface area contributed by atoms with E-state index in [1.54, 1.807) is 0 Å². The average molecular weight is 239 g/mol. The third kappa shape index (κ3) is 2.84. The summed E-state index contributed by atoms with van der Waals surface area (Å²) in [7, 11) is 0. The van der Waals surface area contributed by atoms with E-state index in [-0.39, 0.29) is 0 Å². The van der Waals surface area contributed by atoms with Gasteiger partial charge in [0, 0.05) is 29.5 Å². The number of rotatable bonds is 4. The first kappa shape index (κ1) is 12.1. The van der Waals surface area contributed by atoms with Crippen LogP contribution in [0.15, 0.2) is 6.07 Å². The third-order valence-corrected chi connectivity index (χ3v) is 4.41. The van der Waals surface area contributed by atoms with Crippen molar-refractivity contribution in [1.82, 2.24) is 5.32 Å². The Labute approximate surface area is 102 Å². The zero-order valence-corrected chi connectivity index (χ0v) is 11.2. The summed E-state index contributed by atoms with van der Waals surface area (Å²) in [6, 6.07) is 2.29. The van der Waals surface area contributed by atoms with E-state index in [2.05, 4.69) is 32.2 Å². The van der Waals surface area contributed by atoms with E-state index in [9.17, 15) is 0 Å². The smallest absolute Gasteiger partial charge is 0.0588 e. The molecule has 2 heterocycles. The third-order valence-electron chi connectivity index (χ3n) is 3.40. The molecule has 0 amide bonds. The van der Waals surface area contributed by atoms with Gasteiger partial charge in [-0.15, -0.1) is 11.3 Å². The number of nitrogens with one attached hydrogen (secondary N) is 1. The predicted molar refractivity (Wildman–Crippen MR) is 69.0 cm³/mol. The first-order valence-corrected chi connectivity index (χ1v) is 6.86. The summed E-state index contributed by atoms with van der Waals surface area (Å²) >= 11 is 1.89. The molecule has 1 fully saturated rings. The molecular weight excluding hydrogens is 218 g/mol. The second kappa shape index (κ2) is 5.30. The highest BCUT2D eigenvalue weighted by atomic mass is 32.1. The maximum Gasteiger partial charge on any atom is 0.0588 e. The van der Waals surface area contributed by atoms with E-state index in [0.717, 1.165) is 19.7 Å². The first-order valence-electron chi connectivity index (χ1n) is 6.05. The lowest BCUT2D eigenvalue weighted by Crippen LogP contribution is -2.26. The molecule has 2 rings (SSSR count). The van der Waals surface area contributed by atoms with Gasteiger partial charge >= 0.3 is 0 Å². The second-order valence-electron chi connectivity index (χ2n) is 4.69. The Hall–Kier alpha value is -0.380. The molecule has 1 aromatic rings. The molecule has 1 aliphatic heterocycles. The molecular formula is C13H21NOS. The molecule has 1 aliphatic rings. The van der Waals surface area contributed by atoms with Crippen LogP contribution >= 0.6 is 11.3 Å². The Morgan fingerprint density at radius 3 is 2.88 bits per heavy atom. The van der Waals surface area contributed by atoms with Gasteiger partial charge in [0.1, 0.15) is 0 Å². The highest BCUT2D eigenvalue weighted by Gasteiger charge is 2.23. The predicted octanol–water partition coefficient (Wildman–Crippen LogP) is 2.88. The van der Waals surface area contributed by atoms with Crippen LogP contribution in [0.5, 0.6) is 0 Å². The second-order valence-corrected chi connectivity index (χ2v) is 6.15. The standard InChI is InChI=1S/C13H21NOS/c1-9-6-13(11(3)16-9)8-14-7-12-4-5-15-10(12)2/h6,10,12,14H,4-5,7-8H2,1-3H3. The summed E-state index contributed by atoms with van der Waals surface area (Å²) in [5.41, 5.74) is 1.45. The molecule has 1 aromatic heterocycles. The summed E-state index contributed by atoms with van der Waals surface area (Å²) in [6.45, 7) is 9.57. The van der Waals surface area contributed by atoms with Crippen LogP contribution in [0.25, 0.3) is 0 Å². The molecule has 0 aromatic carbocycles. The normalized spacial score (nSPS) is 25.2. The summed E-state index contributed by atoms with van der Waals surface area (Å²) in [5, 5.41) is 3.55. The van der Waals surface area contributed by atoms with Crippen LogP contribution in [0.4, 0.5) is 0 Å². The maximum atomic E-state index is 5.56. The van der Waals surface area contributed by atoms with Gasteiger partial charge in [0.15, 0.2) is 0 Å². The molecule has 0 bridgehead atoms. The Kier molecular flexibility index (Phi) is 4.00. The van der Waals surface area contributed by atoms with Gasteiger partial charge in [-0.2, -0.15) is 0 Å². The Morgan fingerprint density at radius 1 is 1.50 bits per heavy atom. The summed E-state index contributed by atoms with van der Waals surface area (Å²) in [5.74, 6) is 0.694. The van der Waals surface area contributed by atoms with Crippen molar-refractivity contribution in [3.8, 4) is 0 Å². The quantitative estimate of drug-likeness (QED) is 0.872. The number of hydrogen-bond donors (Lipinski definition) is 1. The molecule has 16 heavy (non-hydrogen) atoms. The van der Waals surface area contributed by atoms with Gasteiger partial charge in [-0.25, -0.2) is 0 Å². The maximum absolute atomic E-state index is 5.56. The van der Waals surface area contributed by atoms with Gasteiger partial charge in [0.05, 0.1) is 6.10 Å². The van der Waals surface area contributed by atoms with Gasteiger partial charge in [-0.3, -0.25) is 0 Å². The van der Waals surface area contributed by atoms with Gasteiger partial charge < -0.3 is 10.1 Å². The minimum atomic E-state index is 0.429. The lowest BCUT2D eigenvalue weighted by Gasteiger charge is -2.14. The largest absolute Gasteiger partial charge is 0.378 e. The van der Waals surface area contributed by atoms with E-state index < -0.39 is 0 Å². The lowest BCUT2D eigenvalue weighted by atomic mass is 10.0. The topological polar surface area (TPSA) is 21.3 Å². The summed E-state index contributed by atoms with van der Waals surface area (Å²) < 4.78 is 5.56. The van der Waals surface area contributed by atoms with E-state index in [0.29, 0.717) is 12.0 Å². The lowest BCUT2D eigenvalue weighted by molar-refractivity contribution is 0.105. The van der Waals surface area contributed by atoms with Crippen LogP contribution in [-0.2, 0) is 11.3 Å². The van der Waals surface area contributed by atoms with Gasteiger partial charge in [-0.1, -0.05) is 0 Å². The van der Waals surface area contributed by atoms with Crippen LogP contribution in [0, 0.1) is 19.8 Å². The number of aryl methyl sites for hydroxylation is 2. The van der Waals surface area contributed by atoms with Gasteiger partial charge in [0.25, 0.3) is 0 Å². The van der Waals surface area contributed by atoms with Crippen molar-refractivity contribution in [3.05, 3.63) is 21.4 Å². The molecule has 0 radical (unpaired) electrons. The summed E-state index contributed by atoms with van der Waals surface area (Å²) in [4.78, 5) is 2.85. The van der Waals surface area contributed by atoms with Crippen molar-refractivity contribution in [3.63, 3.8) is 0 Å². The number of ether oxygens (including phenoxy) is 1. The van der Waals surface area contributed by atoms with Gasteiger partial charge in [0.2, 0.25) is 0 Å². The summed E-state index contributed by atoms with van der Waals surface area (Å²) in [6.07, 6.45) is 1.63. The SMILES string of the molecule is Cc1cc(CNCC2CCOC2C)c(C)s1. The van der Waals surface area contributed by atoms with Crippen LogP contribution in [0.2, 0.25) is 0 Å². The molecule has 2 nitrogen and oxygen atoms in total. The first-order chi connectivity index (χ1) is 7.66. The Morgan fingerprint density at radius 2 is 2.31 bits per heavy atom. The van der Waals surface area contributed by atoms with Crippen LogP contribution in [-0.4, -0.2) is 19.3 Å². The fourth-order valence-electron chi connectivity index (χ4n) is 2.30. The zero-order chi connectivity index (χ0) is 11.5. The van der Waals surface area contributed by atoms with Crippen molar-refractivity contribution >= 4 is 11.3 Å². The molecule has 90 valence electrons. The minimum absolute atomic E-state index is 0.429. The molecule has 0 saturated carbocycles. The fraction of sp³-hybridized carbons (Fsp3) is 0.692. The monoisotopic (exact) mass is 239 g/mol. The van der Waals surface area contributed by atoms with Crippen LogP contribution < -0.4 is 5.32 Å². The van der Waals surface area contributed by atoms with E-state index in [1.807, 2.05) is 11.3 Å². The number of hydrogen-bond acceptors (Lipinski definition) is 3. The van der Waals surface area contributed by atoms with Crippen molar-refractivity contribution in [1.29, 1.82) is 0 Å². The Bertz CT molecular complexity index is 348. The highest BCUT2D eigenvalue weighted by Crippen LogP contribution is 2.22. The van der Waals surface area contributed by atoms with Crippen molar-refractivity contribution in [2.75, 3.05) is 13.2 Å². The molecule has 1 N–H and O–H groups in total. The zero-order valence-electron chi connectivity index (χ0n) is 10.4. The van der Waals surface area contributed by atoms with Crippen LogP contribution in [0.1, 0.15) is 28.7 Å². The molecule has 0 aliphatic carbocycles. The van der Waals surface area contributed by atoms with Crippen molar-refractivity contribution < 1.29 is 4.74 Å². The van der Waals surface area contributed by atoms with E-state index in [1.165, 1.54) is 21.7 Å². The molecule has 2 atom stereocenters. The minimum Gasteiger partial charge on any atom is -0.378 e. The molecule has 2 unspecified atom stereocenters. The average Bonchev–Trinajstić information content (AvgIpc) is 2.75. The molecule has 1 saturated heterocycles. The fourth-order valence-corrected chi connectivity index (χ4v) is 3.24. The van der Waals surface area contributed by atoms with E-state index >= 15 is 0 Å². The Balaban J connectivity index is 1.77. The number of thiophene rings is 1. The molecule has 3 heteroatoms. The molecule has 0 spiro atoms. The van der Waals surface area contributed by atoms with Crippen LogP contribution in [0.3, 0.4) is 0 Å². The van der Waals surface area contributed by atoms with E-state index in [4.69, 9.17) is 4.74 Å².